The molecule has 0 aromatic heterocycles. The molecule has 0 aliphatic carbocycles. The monoisotopic (exact) mass is 286 g/mol. The second kappa shape index (κ2) is 5.38. The molecule has 6 heteroatoms. The van der Waals surface area contributed by atoms with Gasteiger partial charge in [0.2, 0.25) is 0 Å². The Balaban J connectivity index is 2.35. The Morgan fingerprint density at radius 3 is 2.26 bits per heavy atom. The fourth-order valence-electron chi connectivity index (χ4n) is 2.48. The molecule has 1 aliphatic heterocycles. The van der Waals surface area contributed by atoms with E-state index in [4.69, 9.17) is 9.47 Å². The maximum Gasteiger partial charge on any atom is 0.150 e. The standard InChI is InChI=1S/C13H18O5S/c1-17-10-4-3-5-11(18-2)12(10)13(14)9-6-7-19(15,16)8-9/h3-5,9,13-14H,6-8H2,1-2H3. The fraction of sp³-hybridized carbons (Fsp3) is 0.538. The number of aliphatic hydroxyl groups excluding tert-OH is 1. The first-order valence-electron chi connectivity index (χ1n) is 6.08. The Morgan fingerprint density at radius 1 is 1.26 bits per heavy atom. The second-order valence-corrected chi connectivity index (χ2v) is 6.91. The second-order valence-electron chi connectivity index (χ2n) is 4.68. The maximum atomic E-state index is 11.5. The van der Waals surface area contributed by atoms with Crippen molar-refractivity contribution in [2.24, 2.45) is 5.92 Å². The van der Waals surface area contributed by atoms with Gasteiger partial charge < -0.3 is 14.6 Å². The van der Waals surface area contributed by atoms with E-state index in [9.17, 15) is 13.5 Å². The van der Waals surface area contributed by atoms with Crippen LogP contribution < -0.4 is 9.47 Å². The van der Waals surface area contributed by atoms with Crippen LogP contribution in [-0.4, -0.2) is 39.2 Å². The molecule has 1 N–H and O–H groups in total. The largest absolute Gasteiger partial charge is 0.496 e. The van der Waals surface area contributed by atoms with Crippen LogP contribution in [0, 0.1) is 5.92 Å². The third-order valence-electron chi connectivity index (χ3n) is 3.48. The van der Waals surface area contributed by atoms with Crippen LogP contribution in [0.3, 0.4) is 0 Å². The molecule has 5 nitrogen and oxygen atoms in total. The maximum absolute atomic E-state index is 11.5. The molecule has 0 bridgehead atoms. The van der Waals surface area contributed by atoms with Gasteiger partial charge in [-0.25, -0.2) is 8.42 Å². The zero-order valence-corrected chi connectivity index (χ0v) is 11.8. The number of hydrogen-bond donors (Lipinski definition) is 1. The van der Waals surface area contributed by atoms with E-state index < -0.39 is 15.9 Å². The average Bonchev–Trinajstić information content (AvgIpc) is 2.77. The molecule has 106 valence electrons. The summed E-state index contributed by atoms with van der Waals surface area (Å²) in [5.74, 6) is 0.851. The van der Waals surface area contributed by atoms with E-state index in [2.05, 4.69) is 0 Å². The minimum atomic E-state index is -3.03. The Hall–Kier alpha value is -1.27. The first-order valence-corrected chi connectivity index (χ1v) is 7.90. The summed E-state index contributed by atoms with van der Waals surface area (Å²) in [5.41, 5.74) is 0.523. The molecule has 2 unspecified atom stereocenters. The SMILES string of the molecule is COc1cccc(OC)c1C(O)C1CCS(=O)(=O)C1. The number of benzene rings is 1. The lowest BCUT2D eigenvalue weighted by Crippen LogP contribution is -2.16. The van der Waals surface area contributed by atoms with E-state index >= 15 is 0 Å². The number of rotatable bonds is 4. The lowest BCUT2D eigenvalue weighted by Gasteiger charge is -2.21. The van der Waals surface area contributed by atoms with Gasteiger partial charge in [0.25, 0.3) is 0 Å². The van der Waals surface area contributed by atoms with Crippen LogP contribution in [0.5, 0.6) is 11.5 Å². The van der Waals surface area contributed by atoms with Gasteiger partial charge in [0.1, 0.15) is 11.5 Å². The zero-order valence-electron chi connectivity index (χ0n) is 11.0. The molecule has 0 radical (unpaired) electrons. The summed E-state index contributed by atoms with van der Waals surface area (Å²) >= 11 is 0. The summed E-state index contributed by atoms with van der Waals surface area (Å²) < 4.78 is 33.5. The van der Waals surface area contributed by atoms with Crippen molar-refractivity contribution in [2.45, 2.75) is 12.5 Å². The molecule has 2 atom stereocenters. The van der Waals surface area contributed by atoms with Gasteiger partial charge in [0, 0.05) is 5.92 Å². The topological polar surface area (TPSA) is 72.8 Å². The summed E-state index contributed by atoms with van der Waals surface area (Å²) in [6.45, 7) is 0. The number of aliphatic hydroxyl groups is 1. The van der Waals surface area contributed by atoms with Gasteiger partial charge in [-0.05, 0) is 18.6 Å². The summed E-state index contributed by atoms with van der Waals surface area (Å²) in [6, 6.07) is 5.22. The van der Waals surface area contributed by atoms with Gasteiger partial charge >= 0.3 is 0 Å². The molecule has 1 aromatic rings. The van der Waals surface area contributed by atoms with Crippen molar-refractivity contribution >= 4 is 9.84 Å². The predicted octanol–water partition coefficient (Wildman–Crippen LogP) is 1.17. The molecule has 1 heterocycles. The number of sulfone groups is 1. The van der Waals surface area contributed by atoms with Gasteiger partial charge in [0.05, 0.1) is 37.4 Å². The highest BCUT2D eigenvalue weighted by Crippen LogP contribution is 2.40. The Labute approximate surface area is 113 Å². The third kappa shape index (κ3) is 2.84. The van der Waals surface area contributed by atoms with Crippen LogP contribution >= 0.6 is 0 Å². The van der Waals surface area contributed by atoms with Crippen LogP contribution in [0.15, 0.2) is 18.2 Å². The summed E-state index contributed by atoms with van der Waals surface area (Å²) in [6.07, 6.45) is -0.437. The lowest BCUT2D eigenvalue weighted by molar-refractivity contribution is 0.114. The summed E-state index contributed by atoms with van der Waals surface area (Å²) in [5, 5.41) is 10.5. The van der Waals surface area contributed by atoms with E-state index in [1.165, 1.54) is 14.2 Å². The van der Waals surface area contributed by atoms with E-state index in [0.717, 1.165) is 0 Å². The van der Waals surface area contributed by atoms with Gasteiger partial charge in [-0.15, -0.1) is 0 Å². The fourth-order valence-corrected chi connectivity index (χ4v) is 4.31. The van der Waals surface area contributed by atoms with E-state index in [0.29, 0.717) is 23.5 Å². The van der Waals surface area contributed by atoms with E-state index in [1.54, 1.807) is 18.2 Å². The van der Waals surface area contributed by atoms with Gasteiger partial charge in [0.15, 0.2) is 9.84 Å². The highest BCUT2D eigenvalue weighted by Gasteiger charge is 2.36. The molecule has 1 aliphatic rings. The minimum absolute atomic E-state index is 0.00930. The molecule has 0 amide bonds. The first-order chi connectivity index (χ1) is 8.98. The minimum Gasteiger partial charge on any atom is -0.496 e. The van der Waals surface area contributed by atoms with Crippen molar-refractivity contribution in [1.82, 2.24) is 0 Å². The van der Waals surface area contributed by atoms with Gasteiger partial charge in [-0.1, -0.05) is 6.07 Å². The number of hydrogen-bond acceptors (Lipinski definition) is 5. The zero-order chi connectivity index (χ0) is 14.0. The van der Waals surface area contributed by atoms with Crippen LogP contribution in [-0.2, 0) is 9.84 Å². The molecule has 19 heavy (non-hydrogen) atoms. The number of methoxy groups -OCH3 is 2. The van der Waals surface area contributed by atoms with Gasteiger partial charge in [-0.3, -0.25) is 0 Å². The molecule has 1 fully saturated rings. The molecule has 1 aromatic carbocycles. The molecular formula is C13H18O5S. The van der Waals surface area contributed by atoms with Crippen molar-refractivity contribution < 1.29 is 23.0 Å². The Kier molecular flexibility index (Phi) is 4.01. The number of ether oxygens (including phenoxy) is 2. The van der Waals surface area contributed by atoms with Crippen LogP contribution in [0.25, 0.3) is 0 Å². The smallest absolute Gasteiger partial charge is 0.150 e. The molecule has 2 rings (SSSR count). The molecule has 0 saturated carbocycles. The predicted molar refractivity (Wildman–Crippen MR) is 71.3 cm³/mol. The lowest BCUT2D eigenvalue weighted by atomic mass is 9.94. The van der Waals surface area contributed by atoms with Crippen molar-refractivity contribution in [1.29, 1.82) is 0 Å². The van der Waals surface area contributed by atoms with Crippen LogP contribution in [0.2, 0.25) is 0 Å². The van der Waals surface area contributed by atoms with Crippen molar-refractivity contribution in [3.05, 3.63) is 23.8 Å². The highest BCUT2D eigenvalue weighted by atomic mass is 32.2. The van der Waals surface area contributed by atoms with Gasteiger partial charge in [-0.2, -0.15) is 0 Å². The quantitative estimate of drug-likeness (QED) is 0.899. The van der Waals surface area contributed by atoms with Crippen LogP contribution in [0.4, 0.5) is 0 Å². The van der Waals surface area contributed by atoms with Crippen molar-refractivity contribution in [3.8, 4) is 11.5 Å². The van der Waals surface area contributed by atoms with Crippen LogP contribution in [0.1, 0.15) is 18.1 Å². The van der Waals surface area contributed by atoms with Crippen molar-refractivity contribution in [2.75, 3.05) is 25.7 Å². The highest BCUT2D eigenvalue weighted by molar-refractivity contribution is 7.91. The molecular weight excluding hydrogens is 268 g/mol. The Morgan fingerprint density at radius 2 is 1.84 bits per heavy atom. The normalized spacial score (nSPS) is 23.0. The third-order valence-corrected chi connectivity index (χ3v) is 5.27. The van der Waals surface area contributed by atoms with E-state index in [1.807, 2.05) is 0 Å². The average molecular weight is 286 g/mol. The van der Waals surface area contributed by atoms with Crippen molar-refractivity contribution in [3.63, 3.8) is 0 Å². The molecule has 0 spiro atoms. The van der Waals surface area contributed by atoms with E-state index in [-0.39, 0.29) is 17.4 Å². The summed E-state index contributed by atoms with van der Waals surface area (Å²) in [4.78, 5) is 0. The first kappa shape index (κ1) is 14.1. The summed E-state index contributed by atoms with van der Waals surface area (Å²) in [7, 11) is -0.00866. The Bertz CT molecular complexity index is 530. The molecule has 1 saturated heterocycles.